The van der Waals surface area contributed by atoms with E-state index in [1.54, 1.807) is 0 Å². The lowest BCUT2D eigenvalue weighted by Gasteiger charge is -2.09. The molecule has 104 valence electrons. The van der Waals surface area contributed by atoms with Gasteiger partial charge in [0.15, 0.2) is 0 Å². The minimum Gasteiger partial charge on any atom is -0.506 e. The highest BCUT2D eigenvalue weighted by atomic mass is 32.1. The molecule has 3 aromatic heterocycles. The van der Waals surface area contributed by atoms with E-state index < -0.39 is 17.3 Å². The first-order chi connectivity index (χ1) is 9.27. The lowest BCUT2D eigenvalue weighted by atomic mass is 10.1. The summed E-state index contributed by atoms with van der Waals surface area (Å²) >= 11 is 0.910. The van der Waals surface area contributed by atoms with Crippen molar-refractivity contribution in [2.75, 3.05) is 0 Å². The molecule has 0 saturated carbocycles. The molecule has 0 amide bonds. The Hall–Kier alpha value is -2.09. The van der Waals surface area contributed by atoms with Crippen LogP contribution in [0.5, 0.6) is 5.75 Å². The van der Waals surface area contributed by atoms with E-state index in [4.69, 9.17) is 0 Å². The fourth-order valence-electron chi connectivity index (χ4n) is 2.09. The Morgan fingerprint density at radius 3 is 2.70 bits per heavy atom. The van der Waals surface area contributed by atoms with Gasteiger partial charge in [-0.3, -0.25) is 4.79 Å². The van der Waals surface area contributed by atoms with E-state index >= 15 is 0 Å². The van der Waals surface area contributed by atoms with Crippen LogP contribution in [0.4, 0.5) is 13.2 Å². The monoisotopic (exact) mass is 300 g/mol. The molecule has 3 heterocycles. The lowest BCUT2D eigenvalue weighted by Crippen LogP contribution is -2.08. The first-order valence-electron chi connectivity index (χ1n) is 5.50. The van der Waals surface area contributed by atoms with Crippen molar-refractivity contribution in [1.29, 1.82) is 0 Å². The summed E-state index contributed by atoms with van der Waals surface area (Å²) < 4.78 is 39.6. The molecule has 0 atom stereocenters. The van der Waals surface area contributed by atoms with Gasteiger partial charge in [-0.25, -0.2) is 4.98 Å². The average Bonchev–Trinajstić information content (AvgIpc) is 2.65. The maximum absolute atomic E-state index is 13.1. The third kappa shape index (κ3) is 1.83. The number of pyridine rings is 2. The maximum Gasteiger partial charge on any atom is 0.417 e. The highest BCUT2D eigenvalue weighted by molar-refractivity contribution is 7.25. The Morgan fingerprint density at radius 2 is 2.05 bits per heavy atom. The van der Waals surface area contributed by atoms with Crippen LogP contribution in [0.3, 0.4) is 0 Å². The zero-order valence-electron chi connectivity index (χ0n) is 10.00. The number of alkyl halides is 3. The van der Waals surface area contributed by atoms with E-state index in [-0.39, 0.29) is 31.9 Å². The fourth-order valence-corrected chi connectivity index (χ4v) is 3.21. The number of halogens is 3. The molecule has 0 spiro atoms. The van der Waals surface area contributed by atoms with Crippen LogP contribution < -0.4 is 5.56 Å². The molecular formula is C12H7F3N2O2S. The number of nitrogens with one attached hydrogen (secondary N) is 1. The smallest absolute Gasteiger partial charge is 0.417 e. The number of rotatable bonds is 0. The van der Waals surface area contributed by atoms with Crippen LogP contribution in [0.2, 0.25) is 0 Å². The highest BCUT2D eigenvalue weighted by Gasteiger charge is 2.35. The molecule has 0 aromatic carbocycles. The van der Waals surface area contributed by atoms with E-state index in [1.807, 2.05) is 0 Å². The van der Waals surface area contributed by atoms with Gasteiger partial charge in [0.1, 0.15) is 10.6 Å². The predicted molar refractivity (Wildman–Crippen MR) is 69.2 cm³/mol. The topological polar surface area (TPSA) is 66.0 Å². The van der Waals surface area contributed by atoms with Gasteiger partial charge in [-0.1, -0.05) is 0 Å². The second kappa shape index (κ2) is 3.95. The Balaban J connectivity index is 2.61. The van der Waals surface area contributed by atoms with Crippen molar-refractivity contribution in [3.8, 4) is 5.75 Å². The van der Waals surface area contributed by atoms with E-state index in [1.165, 1.54) is 6.92 Å². The number of aryl methyl sites for hydroxylation is 1. The SMILES string of the molecule is Cc1cc(C(F)(F)F)c2c(n1)sc1c(O)cc(=O)[nH]c12. The summed E-state index contributed by atoms with van der Waals surface area (Å²) in [5.74, 6) is -0.350. The van der Waals surface area contributed by atoms with Crippen LogP contribution in [-0.2, 0) is 6.18 Å². The minimum atomic E-state index is -4.57. The molecule has 0 radical (unpaired) electrons. The Morgan fingerprint density at radius 1 is 1.35 bits per heavy atom. The average molecular weight is 300 g/mol. The lowest BCUT2D eigenvalue weighted by molar-refractivity contribution is -0.136. The number of aromatic nitrogens is 2. The van der Waals surface area contributed by atoms with Gasteiger partial charge in [-0.05, 0) is 13.0 Å². The van der Waals surface area contributed by atoms with Gasteiger partial charge in [-0.2, -0.15) is 13.2 Å². The van der Waals surface area contributed by atoms with Gasteiger partial charge in [0.2, 0.25) is 0 Å². The molecule has 2 N–H and O–H groups in total. The summed E-state index contributed by atoms with van der Waals surface area (Å²) in [4.78, 5) is 17.9. The van der Waals surface area contributed by atoms with Crippen molar-refractivity contribution in [3.63, 3.8) is 0 Å². The number of thiophene rings is 1. The molecule has 3 rings (SSSR count). The van der Waals surface area contributed by atoms with Crippen LogP contribution in [0.15, 0.2) is 16.9 Å². The van der Waals surface area contributed by atoms with Crippen molar-refractivity contribution in [2.45, 2.75) is 13.1 Å². The zero-order valence-corrected chi connectivity index (χ0v) is 10.8. The van der Waals surface area contributed by atoms with Crippen LogP contribution in [-0.4, -0.2) is 15.1 Å². The molecule has 0 aliphatic heterocycles. The second-order valence-corrected chi connectivity index (χ2v) is 5.31. The summed E-state index contributed by atoms with van der Waals surface area (Å²) in [6, 6.07) is 1.86. The van der Waals surface area contributed by atoms with Crippen LogP contribution >= 0.6 is 11.3 Å². The van der Waals surface area contributed by atoms with Gasteiger partial charge in [0.25, 0.3) is 5.56 Å². The fraction of sp³-hybridized carbons (Fsp3) is 0.167. The normalized spacial score (nSPS) is 12.4. The summed E-state index contributed by atoms with van der Waals surface area (Å²) in [7, 11) is 0. The summed E-state index contributed by atoms with van der Waals surface area (Å²) in [6.45, 7) is 1.46. The highest BCUT2D eigenvalue weighted by Crippen LogP contribution is 2.42. The summed E-state index contributed by atoms with van der Waals surface area (Å²) in [5.41, 5.74) is -1.34. The third-order valence-corrected chi connectivity index (χ3v) is 3.95. The Bertz CT molecular complexity index is 895. The Labute approximate surface area is 113 Å². The molecule has 4 nitrogen and oxygen atoms in total. The van der Waals surface area contributed by atoms with Gasteiger partial charge in [-0.15, -0.1) is 11.3 Å². The quantitative estimate of drug-likeness (QED) is 0.670. The van der Waals surface area contributed by atoms with Gasteiger partial charge < -0.3 is 10.1 Å². The molecule has 0 aliphatic carbocycles. The third-order valence-electron chi connectivity index (χ3n) is 2.84. The van der Waals surface area contributed by atoms with Gasteiger partial charge in [0, 0.05) is 17.1 Å². The van der Waals surface area contributed by atoms with Crippen LogP contribution in [0.25, 0.3) is 20.4 Å². The number of fused-ring (bicyclic) bond motifs is 3. The minimum absolute atomic E-state index is 0.0326. The molecule has 0 fully saturated rings. The molecule has 0 unspecified atom stereocenters. The number of H-pyrrole nitrogens is 1. The number of nitrogens with zero attached hydrogens (tertiary/aromatic N) is 1. The molecule has 8 heteroatoms. The first-order valence-corrected chi connectivity index (χ1v) is 6.32. The first kappa shape index (κ1) is 12.9. The molecule has 20 heavy (non-hydrogen) atoms. The Kier molecular flexibility index (Phi) is 2.55. The van der Waals surface area contributed by atoms with Crippen molar-refractivity contribution < 1.29 is 18.3 Å². The number of hydrogen-bond donors (Lipinski definition) is 2. The largest absolute Gasteiger partial charge is 0.506 e. The van der Waals surface area contributed by atoms with Gasteiger partial charge in [0.05, 0.1) is 15.8 Å². The van der Waals surface area contributed by atoms with E-state index in [0.717, 1.165) is 23.5 Å². The van der Waals surface area contributed by atoms with E-state index in [0.29, 0.717) is 0 Å². The van der Waals surface area contributed by atoms with E-state index in [9.17, 15) is 23.1 Å². The van der Waals surface area contributed by atoms with E-state index in [2.05, 4.69) is 9.97 Å². The van der Waals surface area contributed by atoms with Crippen LogP contribution in [0, 0.1) is 6.92 Å². The van der Waals surface area contributed by atoms with Gasteiger partial charge >= 0.3 is 6.18 Å². The predicted octanol–water partition coefficient (Wildman–Crippen LogP) is 3.17. The number of aromatic hydroxyl groups is 1. The number of hydrogen-bond acceptors (Lipinski definition) is 4. The zero-order chi connectivity index (χ0) is 14.7. The van der Waals surface area contributed by atoms with Crippen molar-refractivity contribution >= 4 is 31.8 Å². The number of aromatic amines is 1. The second-order valence-electron chi connectivity index (χ2n) is 4.31. The molecule has 0 saturated heterocycles. The standard InChI is InChI=1S/C12H7F3N2O2S/c1-4-2-5(12(13,14)15)8-9-10(20-11(8)16-4)6(18)3-7(19)17-9/h2-3H,1H3,(H2,17,18,19). The van der Waals surface area contributed by atoms with Crippen molar-refractivity contribution in [3.05, 3.63) is 33.7 Å². The molecule has 3 aromatic rings. The van der Waals surface area contributed by atoms with Crippen LogP contribution in [0.1, 0.15) is 11.3 Å². The maximum atomic E-state index is 13.1. The molecular weight excluding hydrogens is 293 g/mol. The van der Waals surface area contributed by atoms with Crippen molar-refractivity contribution in [1.82, 2.24) is 9.97 Å². The van der Waals surface area contributed by atoms with Crippen molar-refractivity contribution in [2.24, 2.45) is 0 Å². The molecule has 0 bridgehead atoms. The summed E-state index contributed by atoms with van der Waals surface area (Å²) in [6.07, 6.45) is -4.57. The summed E-state index contributed by atoms with van der Waals surface area (Å²) in [5, 5.41) is 9.51. The molecule has 0 aliphatic rings.